The Morgan fingerprint density at radius 3 is 2.69 bits per heavy atom. The highest BCUT2D eigenvalue weighted by atomic mass is 16.2. The summed E-state index contributed by atoms with van der Waals surface area (Å²) < 4.78 is 0. The summed E-state index contributed by atoms with van der Waals surface area (Å²) in [5.41, 5.74) is 1.64. The minimum Gasteiger partial charge on any atom is -0.337 e. The number of carbonyl (C=O) groups is 1. The lowest BCUT2D eigenvalue weighted by Gasteiger charge is -2.30. The van der Waals surface area contributed by atoms with Gasteiger partial charge in [0.25, 0.3) is 5.91 Å². The standard InChI is InChI=1S/C10H12N2O/c1-8-3-4-9(11-7-8)10(13)12-5-2-6-12/h3-4,7H,2,5-6H2,1H3. The van der Waals surface area contributed by atoms with Crippen LogP contribution in [0.4, 0.5) is 0 Å². The summed E-state index contributed by atoms with van der Waals surface area (Å²) in [7, 11) is 0. The summed E-state index contributed by atoms with van der Waals surface area (Å²) in [6.45, 7) is 3.73. The van der Waals surface area contributed by atoms with Gasteiger partial charge in [-0.2, -0.15) is 0 Å². The molecule has 1 aliphatic rings. The van der Waals surface area contributed by atoms with E-state index in [1.54, 1.807) is 12.3 Å². The Balaban J connectivity index is 2.15. The Morgan fingerprint density at radius 2 is 2.23 bits per heavy atom. The van der Waals surface area contributed by atoms with Crippen molar-refractivity contribution in [2.45, 2.75) is 13.3 Å². The normalized spacial score (nSPS) is 15.3. The number of aryl methyl sites for hydroxylation is 1. The Kier molecular flexibility index (Phi) is 2.00. The average molecular weight is 176 g/mol. The Labute approximate surface area is 77.4 Å². The number of amides is 1. The van der Waals surface area contributed by atoms with Crippen LogP contribution in [0.25, 0.3) is 0 Å². The van der Waals surface area contributed by atoms with Crippen molar-refractivity contribution < 1.29 is 4.79 Å². The fraction of sp³-hybridized carbons (Fsp3) is 0.400. The van der Waals surface area contributed by atoms with Gasteiger partial charge in [0.05, 0.1) is 0 Å². The monoisotopic (exact) mass is 176 g/mol. The number of pyridine rings is 1. The van der Waals surface area contributed by atoms with E-state index >= 15 is 0 Å². The molecule has 0 N–H and O–H groups in total. The topological polar surface area (TPSA) is 33.2 Å². The number of rotatable bonds is 1. The highest BCUT2D eigenvalue weighted by molar-refractivity contribution is 5.92. The van der Waals surface area contributed by atoms with E-state index < -0.39 is 0 Å². The molecule has 2 heterocycles. The van der Waals surface area contributed by atoms with E-state index in [4.69, 9.17) is 0 Å². The van der Waals surface area contributed by atoms with Crippen LogP contribution in [0, 0.1) is 6.92 Å². The fourth-order valence-electron chi connectivity index (χ4n) is 1.28. The maximum atomic E-state index is 11.6. The molecule has 1 aliphatic heterocycles. The van der Waals surface area contributed by atoms with Crippen molar-refractivity contribution in [2.75, 3.05) is 13.1 Å². The van der Waals surface area contributed by atoms with Gasteiger partial charge in [0.1, 0.15) is 5.69 Å². The van der Waals surface area contributed by atoms with Gasteiger partial charge in [-0.3, -0.25) is 9.78 Å². The van der Waals surface area contributed by atoms with Gasteiger partial charge in [0, 0.05) is 19.3 Å². The number of likely N-dealkylation sites (tertiary alicyclic amines) is 1. The average Bonchev–Trinajstić information content (AvgIpc) is 2.02. The van der Waals surface area contributed by atoms with E-state index in [0.29, 0.717) is 5.69 Å². The van der Waals surface area contributed by atoms with E-state index in [0.717, 1.165) is 25.1 Å². The Hall–Kier alpha value is -1.38. The van der Waals surface area contributed by atoms with Crippen LogP contribution in [-0.4, -0.2) is 28.9 Å². The summed E-state index contributed by atoms with van der Waals surface area (Å²) in [6, 6.07) is 3.70. The van der Waals surface area contributed by atoms with Crippen LogP contribution in [0.15, 0.2) is 18.3 Å². The van der Waals surface area contributed by atoms with Crippen LogP contribution in [0.1, 0.15) is 22.5 Å². The maximum absolute atomic E-state index is 11.6. The molecule has 68 valence electrons. The van der Waals surface area contributed by atoms with Crippen molar-refractivity contribution in [3.05, 3.63) is 29.6 Å². The van der Waals surface area contributed by atoms with Crippen LogP contribution in [0.3, 0.4) is 0 Å². The first kappa shape index (κ1) is 8.23. The summed E-state index contributed by atoms with van der Waals surface area (Å²) in [5.74, 6) is 0.0613. The Morgan fingerprint density at radius 1 is 1.46 bits per heavy atom. The number of nitrogens with zero attached hydrogens (tertiary/aromatic N) is 2. The molecule has 3 nitrogen and oxygen atoms in total. The molecule has 1 fully saturated rings. The van der Waals surface area contributed by atoms with Crippen LogP contribution in [0.2, 0.25) is 0 Å². The van der Waals surface area contributed by atoms with Crippen molar-refractivity contribution in [1.82, 2.24) is 9.88 Å². The molecular formula is C10H12N2O. The van der Waals surface area contributed by atoms with E-state index in [1.165, 1.54) is 0 Å². The van der Waals surface area contributed by atoms with Gasteiger partial charge in [0.15, 0.2) is 0 Å². The van der Waals surface area contributed by atoms with Crippen LogP contribution < -0.4 is 0 Å². The second-order valence-electron chi connectivity index (χ2n) is 3.37. The molecule has 1 aromatic heterocycles. The Bertz CT molecular complexity index is 314. The van der Waals surface area contributed by atoms with Crippen molar-refractivity contribution >= 4 is 5.91 Å². The van der Waals surface area contributed by atoms with E-state index in [2.05, 4.69) is 4.98 Å². The summed E-state index contributed by atoms with van der Waals surface area (Å²) in [4.78, 5) is 17.5. The zero-order valence-electron chi connectivity index (χ0n) is 7.66. The van der Waals surface area contributed by atoms with Crippen molar-refractivity contribution in [3.8, 4) is 0 Å². The predicted octanol–water partition coefficient (Wildman–Crippen LogP) is 1.24. The highest BCUT2D eigenvalue weighted by Gasteiger charge is 2.21. The first-order chi connectivity index (χ1) is 6.27. The third-order valence-corrected chi connectivity index (χ3v) is 2.27. The molecule has 1 saturated heterocycles. The van der Waals surface area contributed by atoms with Gasteiger partial charge < -0.3 is 4.90 Å². The van der Waals surface area contributed by atoms with E-state index in [9.17, 15) is 4.79 Å². The predicted molar refractivity (Wildman–Crippen MR) is 49.5 cm³/mol. The molecule has 0 aliphatic carbocycles. The molecule has 0 bridgehead atoms. The molecule has 13 heavy (non-hydrogen) atoms. The molecule has 0 saturated carbocycles. The SMILES string of the molecule is Cc1ccc(C(=O)N2CCC2)nc1. The third-order valence-electron chi connectivity index (χ3n) is 2.27. The highest BCUT2D eigenvalue weighted by Crippen LogP contribution is 2.10. The molecular weight excluding hydrogens is 164 g/mol. The molecule has 1 amide bonds. The zero-order chi connectivity index (χ0) is 9.26. The van der Waals surface area contributed by atoms with Crippen molar-refractivity contribution in [1.29, 1.82) is 0 Å². The summed E-state index contributed by atoms with van der Waals surface area (Å²) in [6.07, 6.45) is 2.85. The van der Waals surface area contributed by atoms with Crippen LogP contribution >= 0.6 is 0 Å². The number of aromatic nitrogens is 1. The van der Waals surface area contributed by atoms with Gasteiger partial charge >= 0.3 is 0 Å². The number of hydrogen-bond donors (Lipinski definition) is 0. The maximum Gasteiger partial charge on any atom is 0.272 e. The largest absolute Gasteiger partial charge is 0.337 e. The molecule has 0 aromatic carbocycles. The van der Waals surface area contributed by atoms with Gasteiger partial charge in [-0.1, -0.05) is 6.07 Å². The third kappa shape index (κ3) is 1.54. The molecule has 3 heteroatoms. The number of carbonyl (C=O) groups excluding carboxylic acids is 1. The fourth-order valence-corrected chi connectivity index (χ4v) is 1.28. The lowest BCUT2D eigenvalue weighted by Crippen LogP contribution is -2.42. The van der Waals surface area contributed by atoms with Gasteiger partial charge in [-0.15, -0.1) is 0 Å². The lowest BCUT2D eigenvalue weighted by molar-refractivity contribution is 0.0645. The van der Waals surface area contributed by atoms with Crippen LogP contribution in [-0.2, 0) is 0 Å². The first-order valence-corrected chi connectivity index (χ1v) is 4.49. The smallest absolute Gasteiger partial charge is 0.272 e. The quantitative estimate of drug-likeness (QED) is 0.645. The lowest BCUT2D eigenvalue weighted by atomic mass is 10.2. The van der Waals surface area contributed by atoms with E-state index in [1.807, 2.05) is 17.9 Å². The van der Waals surface area contributed by atoms with Crippen molar-refractivity contribution in [2.24, 2.45) is 0 Å². The molecule has 1 aromatic rings. The summed E-state index contributed by atoms with van der Waals surface area (Å²) in [5, 5.41) is 0. The number of hydrogen-bond acceptors (Lipinski definition) is 2. The molecule has 0 radical (unpaired) electrons. The van der Waals surface area contributed by atoms with Crippen LogP contribution in [0.5, 0.6) is 0 Å². The molecule has 0 unspecified atom stereocenters. The summed E-state index contributed by atoms with van der Waals surface area (Å²) >= 11 is 0. The second-order valence-corrected chi connectivity index (χ2v) is 3.37. The minimum absolute atomic E-state index is 0.0613. The second kappa shape index (κ2) is 3.17. The van der Waals surface area contributed by atoms with Gasteiger partial charge in [0.2, 0.25) is 0 Å². The first-order valence-electron chi connectivity index (χ1n) is 4.49. The van der Waals surface area contributed by atoms with Gasteiger partial charge in [-0.05, 0) is 25.0 Å². The van der Waals surface area contributed by atoms with E-state index in [-0.39, 0.29) is 5.91 Å². The van der Waals surface area contributed by atoms with Gasteiger partial charge in [-0.25, -0.2) is 0 Å². The minimum atomic E-state index is 0.0613. The van der Waals surface area contributed by atoms with Crippen molar-refractivity contribution in [3.63, 3.8) is 0 Å². The zero-order valence-corrected chi connectivity index (χ0v) is 7.66. The molecule has 2 rings (SSSR count). The molecule has 0 atom stereocenters. The molecule has 0 spiro atoms.